The lowest BCUT2D eigenvalue weighted by Gasteiger charge is -2.24. The van der Waals surface area contributed by atoms with Crippen molar-refractivity contribution in [2.75, 3.05) is 0 Å². The third-order valence-corrected chi connectivity index (χ3v) is 4.12. The fraction of sp³-hybridized carbons (Fsp3) is 0.118. The van der Waals surface area contributed by atoms with Gasteiger partial charge in [-0.05, 0) is 29.8 Å². The number of carbonyl (C=O) groups is 1. The number of hydrazine groups is 1. The molecule has 112 valence electrons. The number of nitrogens with one attached hydrogen (secondary N) is 1. The highest BCUT2D eigenvalue weighted by atomic mass is 79.9. The zero-order valence-corrected chi connectivity index (χ0v) is 13.5. The number of hydrogen-bond acceptors (Lipinski definition) is 3. The van der Waals surface area contributed by atoms with E-state index in [4.69, 9.17) is 0 Å². The highest BCUT2D eigenvalue weighted by Crippen LogP contribution is 2.35. The molecule has 0 bridgehead atoms. The van der Waals surface area contributed by atoms with Crippen LogP contribution in [0.1, 0.15) is 24.1 Å². The van der Waals surface area contributed by atoms with Gasteiger partial charge in [0.25, 0.3) is 0 Å². The van der Waals surface area contributed by atoms with Gasteiger partial charge in [0.2, 0.25) is 5.91 Å². The second-order valence-corrected chi connectivity index (χ2v) is 6.01. The maximum atomic E-state index is 11.9. The van der Waals surface area contributed by atoms with E-state index in [2.05, 4.69) is 21.4 Å². The molecule has 22 heavy (non-hydrogen) atoms. The number of rotatable bonds is 2. The van der Waals surface area contributed by atoms with Crippen LogP contribution in [0.25, 0.3) is 5.70 Å². The quantitative estimate of drug-likeness (QED) is 0.862. The number of aromatic hydroxyl groups is 1. The molecule has 0 spiro atoms. The van der Waals surface area contributed by atoms with Crippen molar-refractivity contribution in [2.45, 2.75) is 13.0 Å². The molecule has 0 fully saturated rings. The molecular formula is C17H15BrN2O2. The number of hydrogen-bond donors (Lipinski definition) is 2. The van der Waals surface area contributed by atoms with Crippen molar-refractivity contribution in [1.29, 1.82) is 0 Å². The minimum Gasteiger partial charge on any atom is -0.508 e. The molecule has 1 heterocycles. The van der Waals surface area contributed by atoms with Crippen molar-refractivity contribution in [3.05, 3.63) is 70.2 Å². The van der Waals surface area contributed by atoms with E-state index in [0.717, 1.165) is 15.7 Å². The van der Waals surface area contributed by atoms with Gasteiger partial charge in [-0.3, -0.25) is 10.2 Å². The number of halogens is 1. The Kier molecular flexibility index (Phi) is 3.90. The van der Waals surface area contributed by atoms with E-state index in [-0.39, 0.29) is 17.7 Å². The van der Waals surface area contributed by atoms with Gasteiger partial charge >= 0.3 is 0 Å². The largest absolute Gasteiger partial charge is 0.508 e. The highest BCUT2D eigenvalue weighted by Gasteiger charge is 2.30. The van der Waals surface area contributed by atoms with Gasteiger partial charge in [0.05, 0.1) is 5.70 Å². The zero-order chi connectivity index (χ0) is 15.7. The normalized spacial score (nSPS) is 17.1. The maximum absolute atomic E-state index is 11.9. The van der Waals surface area contributed by atoms with Crippen LogP contribution in [0.2, 0.25) is 0 Å². The molecule has 5 heteroatoms. The van der Waals surface area contributed by atoms with E-state index in [1.807, 2.05) is 42.5 Å². The average Bonchev–Trinajstić information content (AvgIpc) is 2.93. The van der Waals surface area contributed by atoms with Crippen molar-refractivity contribution in [2.24, 2.45) is 0 Å². The molecular weight excluding hydrogens is 344 g/mol. The summed E-state index contributed by atoms with van der Waals surface area (Å²) in [4.78, 5) is 11.9. The molecule has 0 radical (unpaired) electrons. The molecule has 0 saturated heterocycles. The summed E-state index contributed by atoms with van der Waals surface area (Å²) >= 11 is 3.41. The van der Waals surface area contributed by atoms with Crippen molar-refractivity contribution < 1.29 is 9.90 Å². The first-order chi connectivity index (χ1) is 10.6. The van der Waals surface area contributed by atoms with Gasteiger partial charge in [-0.25, -0.2) is 5.01 Å². The lowest BCUT2D eigenvalue weighted by Crippen LogP contribution is -2.37. The Morgan fingerprint density at radius 3 is 2.50 bits per heavy atom. The number of nitrogens with zero attached hydrogens (tertiary/aromatic N) is 1. The summed E-state index contributed by atoms with van der Waals surface area (Å²) in [5.41, 5.74) is 5.63. The van der Waals surface area contributed by atoms with E-state index in [9.17, 15) is 9.90 Å². The average molecular weight is 359 g/mol. The zero-order valence-electron chi connectivity index (χ0n) is 12.0. The van der Waals surface area contributed by atoms with Gasteiger partial charge in [0.1, 0.15) is 11.8 Å². The lowest BCUT2D eigenvalue weighted by molar-refractivity contribution is -0.132. The molecule has 0 aliphatic carbocycles. The van der Waals surface area contributed by atoms with Crippen LogP contribution < -0.4 is 5.43 Å². The second kappa shape index (κ2) is 5.85. The van der Waals surface area contributed by atoms with Crippen molar-refractivity contribution in [3.8, 4) is 5.75 Å². The van der Waals surface area contributed by atoms with E-state index < -0.39 is 0 Å². The van der Waals surface area contributed by atoms with Crippen LogP contribution in [-0.4, -0.2) is 16.0 Å². The predicted molar refractivity (Wildman–Crippen MR) is 88.6 cm³/mol. The van der Waals surface area contributed by atoms with Crippen molar-refractivity contribution in [1.82, 2.24) is 10.4 Å². The van der Waals surface area contributed by atoms with Gasteiger partial charge in [-0.2, -0.15) is 0 Å². The standard InChI is InChI=1S/C17H15BrN2O2/c1-11(21)20-16(14-4-2-3-5-17(14)22)10-15(19-20)12-6-8-13(18)9-7-12/h2-10,16,19,22H,1H3/t16-/m1/s1. The highest BCUT2D eigenvalue weighted by molar-refractivity contribution is 9.10. The Morgan fingerprint density at radius 2 is 1.86 bits per heavy atom. The fourth-order valence-corrected chi connectivity index (χ4v) is 2.76. The number of phenolic OH excluding ortho intramolecular Hbond substituents is 1. The topological polar surface area (TPSA) is 52.6 Å². The molecule has 1 aliphatic rings. The summed E-state index contributed by atoms with van der Waals surface area (Å²) in [6.45, 7) is 1.50. The third-order valence-electron chi connectivity index (χ3n) is 3.59. The summed E-state index contributed by atoms with van der Waals surface area (Å²) < 4.78 is 0.996. The van der Waals surface area contributed by atoms with E-state index in [0.29, 0.717) is 5.56 Å². The Balaban J connectivity index is 2.01. The molecule has 1 atom stereocenters. The van der Waals surface area contributed by atoms with Crippen LogP contribution in [0.3, 0.4) is 0 Å². The van der Waals surface area contributed by atoms with E-state index >= 15 is 0 Å². The molecule has 2 aromatic rings. The molecule has 0 aromatic heterocycles. The molecule has 2 aromatic carbocycles. The van der Waals surface area contributed by atoms with Crippen molar-refractivity contribution in [3.63, 3.8) is 0 Å². The van der Waals surface area contributed by atoms with Crippen LogP contribution in [0.15, 0.2) is 59.1 Å². The smallest absolute Gasteiger partial charge is 0.238 e. The number of phenols is 1. The van der Waals surface area contributed by atoms with E-state index in [1.165, 1.54) is 11.9 Å². The maximum Gasteiger partial charge on any atom is 0.238 e. The Bertz CT molecular complexity index is 741. The van der Waals surface area contributed by atoms with Crippen LogP contribution in [0.5, 0.6) is 5.75 Å². The molecule has 0 saturated carbocycles. The molecule has 3 rings (SSSR count). The Hall–Kier alpha value is -2.27. The van der Waals surface area contributed by atoms with Gasteiger partial charge in [-0.1, -0.05) is 46.3 Å². The fourth-order valence-electron chi connectivity index (χ4n) is 2.50. The van der Waals surface area contributed by atoms with Gasteiger partial charge in [0.15, 0.2) is 0 Å². The molecule has 1 aliphatic heterocycles. The SMILES string of the molecule is CC(=O)N1NC(c2ccc(Br)cc2)=C[C@@H]1c1ccccc1O. The molecule has 2 N–H and O–H groups in total. The monoisotopic (exact) mass is 358 g/mol. The number of carbonyl (C=O) groups excluding carboxylic acids is 1. The summed E-state index contributed by atoms with van der Waals surface area (Å²) in [5, 5.41) is 11.6. The van der Waals surface area contributed by atoms with Gasteiger partial charge < -0.3 is 5.11 Å². The summed E-state index contributed by atoms with van der Waals surface area (Å²) in [6.07, 6.45) is 1.94. The third kappa shape index (κ3) is 2.72. The van der Waals surface area contributed by atoms with Gasteiger partial charge in [-0.15, -0.1) is 0 Å². The Morgan fingerprint density at radius 1 is 1.18 bits per heavy atom. The lowest BCUT2D eigenvalue weighted by atomic mass is 10.0. The summed E-state index contributed by atoms with van der Waals surface area (Å²) in [6, 6.07) is 14.5. The molecule has 0 unspecified atom stereocenters. The first-order valence-corrected chi connectivity index (χ1v) is 7.67. The van der Waals surface area contributed by atoms with E-state index in [1.54, 1.807) is 12.1 Å². The Labute approximate surface area is 137 Å². The molecule has 4 nitrogen and oxygen atoms in total. The molecule has 1 amide bonds. The number of benzene rings is 2. The number of amides is 1. The van der Waals surface area contributed by atoms with Crippen LogP contribution >= 0.6 is 15.9 Å². The number of para-hydroxylation sites is 1. The van der Waals surface area contributed by atoms with Crippen LogP contribution in [0.4, 0.5) is 0 Å². The van der Waals surface area contributed by atoms with Crippen LogP contribution in [0, 0.1) is 0 Å². The first kappa shape index (κ1) is 14.7. The predicted octanol–water partition coefficient (Wildman–Crippen LogP) is 3.60. The summed E-state index contributed by atoms with van der Waals surface area (Å²) in [7, 11) is 0. The van der Waals surface area contributed by atoms with Crippen molar-refractivity contribution >= 4 is 27.5 Å². The second-order valence-electron chi connectivity index (χ2n) is 5.09. The minimum absolute atomic E-state index is 0.114. The van der Waals surface area contributed by atoms with Crippen LogP contribution in [-0.2, 0) is 4.79 Å². The summed E-state index contributed by atoms with van der Waals surface area (Å²) in [5.74, 6) is 0.0606. The minimum atomic E-state index is -0.336. The van der Waals surface area contributed by atoms with Gasteiger partial charge in [0, 0.05) is 17.0 Å². The first-order valence-electron chi connectivity index (χ1n) is 6.88.